The number of nitrogens with zero attached hydrogens (tertiary/aromatic N) is 3. The minimum atomic E-state index is -0.503. The Morgan fingerprint density at radius 3 is 2.36 bits per heavy atom. The van der Waals surface area contributed by atoms with Gasteiger partial charge in [-0.15, -0.1) is 0 Å². The standard InChI is InChI=1S/C16H19N5O4/c1-10-16(11(2)20(3)19-10)18-15(23)9-17-14(22)8-12-4-6-13(7-5-12)21(24)25/h4-7H,8-9H2,1-3H3,(H,17,22)(H,18,23). The van der Waals surface area contributed by atoms with Crippen LogP contribution in [0.3, 0.4) is 0 Å². The molecular formula is C16H19N5O4. The van der Waals surface area contributed by atoms with Gasteiger partial charge in [0.1, 0.15) is 0 Å². The predicted molar refractivity (Wildman–Crippen MR) is 91.1 cm³/mol. The van der Waals surface area contributed by atoms with E-state index in [1.165, 1.54) is 24.3 Å². The number of non-ortho nitro benzene ring substituents is 1. The minimum Gasteiger partial charge on any atom is -0.347 e. The van der Waals surface area contributed by atoms with Crippen LogP contribution in [0.15, 0.2) is 24.3 Å². The molecule has 0 fully saturated rings. The fourth-order valence-electron chi connectivity index (χ4n) is 2.30. The summed E-state index contributed by atoms with van der Waals surface area (Å²) in [4.78, 5) is 33.9. The van der Waals surface area contributed by atoms with Crippen molar-refractivity contribution in [1.29, 1.82) is 0 Å². The molecule has 0 aliphatic rings. The summed E-state index contributed by atoms with van der Waals surface area (Å²) >= 11 is 0. The maximum atomic E-state index is 12.0. The lowest BCUT2D eigenvalue weighted by Gasteiger charge is -2.07. The van der Waals surface area contributed by atoms with Crippen LogP contribution in [0.25, 0.3) is 0 Å². The number of benzene rings is 1. The van der Waals surface area contributed by atoms with E-state index in [2.05, 4.69) is 15.7 Å². The van der Waals surface area contributed by atoms with E-state index >= 15 is 0 Å². The molecule has 0 aliphatic carbocycles. The van der Waals surface area contributed by atoms with Crippen LogP contribution in [0.2, 0.25) is 0 Å². The van der Waals surface area contributed by atoms with Crippen molar-refractivity contribution >= 4 is 23.2 Å². The largest absolute Gasteiger partial charge is 0.347 e. The van der Waals surface area contributed by atoms with Gasteiger partial charge in [-0.3, -0.25) is 24.4 Å². The van der Waals surface area contributed by atoms with E-state index in [1.807, 2.05) is 6.92 Å². The van der Waals surface area contributed by atoms with Crippen LogP contribution < -0.4 is 10.6 Å². The highest BCUT2D eigenvalue weighted by Crippen LogP contribution is 2.17. The Morgan fingerprint density at radius 1 is 1.20 bits per heavy atom. The van der Waals surface area contributed by atoms with Crippen molar-refractivity contribution < 1.29 is 14.5 Å². The summed E-state index contributed by atoms with van der Waals surface area (Å²) in [5, 5.41) is 20.0. The molecule has 132 valence electrons. The van der Waals surface area contributed by atoms with Gasteiger partial charge in [-0.2, -0.15) is 5.10 Å². The summed E-state index contributed by atoms with van der Waals surface area (Å²) in [5.41, 5.74) is 2.75. The first kappa shape index (κ1) is 18.1. The molecule has 1 aromatic heterocycles. The molecule has 1 heterocycles. The number of nitro benzene ring substituents is 1. The molecule has 2 aromatic rings. The average molecular weight is 345 g/mol. The Morgan fingerprint density at radius 2 is 1.84 bits per heavy atom. The van der Waals surface area contributed by atoms with Crippen molar-refractivity contribution in [2.75, 3.05) is 11.9 Å². The SMILES string of the molecule is Cc1nn(C)c(C)c1NC(=O)CNC(=O)Cc1ccc([N+](=O)[O-])cc1. The molecule has 0 saturated heterocycles. The third-order valence-electron chi connectivity index (χ3n) is 3.73. The van der Waals surface area contributed by atoms with Crippen molar-refractivity contribution in [2.24, 2.45) is 7.05 Å². The molecule has 1 aromatic carbocycles. The third-order valence-corrected chi connectivity index (χ3v) is 3.73. The highest BCUT2D eigenvalue weighted by atomic mass is 16.6. The molecule has 9 nitrogen and oxygen atoms in total. The summed E-state index contributed by atoms with van der Waals surface area (Å²) < 4.78 is 1.66. The van der Waals surface area contributed by atoms with E-state index in [9.17, 15) is 19.7 Å². The molecule has 0 spiro atoms. The van der Waals surface area contributed by atoms with E-state index in [0.717, 1.165) is 5.69 Å². The van der Waals surface area contributed by atoms with Gasteiger partial charge in [-0.25, -0.2) is 0 Å². The summed E-state index contributed by atoms with van der Waals surface area (Å²) in [6, 6.07) is 5.70. The minimum absolute atomic E-state index is 0.0363. The van der Waals surface area contributed by atoms with Gasteiger partial charge in [0.05, 0.1) is 35.0 Å². The van der Waals surface area contributed by atoms with Crippen LogP contribution >= 0.6 is 0 Å². The average Bonchev–Trinajstić information content (AvgIpc) is 2.80. The molecule has 25 heavy (non-hydrogen) atoms. The van der Waals surface area contributed by atoms with Crippen LogP contribution in [0.5, 0.6) is 0 Å². The number of nitro groups is 1. The molecule has 0 unspecified atom stereocenters. The van der Waals surface area contributed by atoms with Gasteiger partial charge in [-0.05, 0) is 19.4 Å². The summed E-state index contributed by atoms with van der Waals surface area (Å²) in [6.45, 7) is 3.46. The molecule has 9 heteroatoms. The normalized spacial score (nSPS) is 10.4. The molecule has 0 aliphatic heterocycles. The van der Waals surface area contributed by atoms with Crippen LogP contribution in [-0.2, 0) is 23.1 Å². The number of rotatable bonds is 6. The zero-order valence-electron chi connectivity index (χ0n) is 14.2. The fourth-order valence-corrected chi connectivity index (χ4v) is 2.30. The Labute approximate surface area is 144 Å². The summed E-state index contributed by atoms with van der Waals surface area (Å²) in [7, 11) is 1.78. The number of anilines is 1. The van der Waals surface area contributed by atoms with Crippen LogP contribution in [0, 0.1) is 24.0 Å². The number of carbonyl (C=O) groups excluding carboxylic acids is 2. The number of carbonyl (C=O) groups is 2. The quantitative estimate of drug-likeness (QED) is 0.603. The van der Waals surface area contributed by atoms with Crippen molar-refractivity contribution in [1.82, 2.24) is 15.1 Å². The Kier molecular flexibility index (Phi) is 5.48. The molecule has 0 bridgehead atoms. The second-order valence-electron chi connectivity index (χ2n) is 5.59. The first-order valence-corrected chi connectivity index (χ1v) is 7.58. The lowest BCUT2D eigenvalue weighted by atomic mass is 10.1. The van der Waals surface area contributed by atoms with Gasteiger partial charge >= 0.3 is 0 Å². The predicted octanol–water partition coefficient (Wildman–Crippen LogP) is 1.24. The summed E-state index contributed by atoms with van der Waals surface area (Å²) in [6.07, 6.45) is 0.0379. The van der Waals surface area contributed by atoms with Gasteiger partial charge in [0.25, 0.3) is 5.69 Å². The van der Waals surface area contributed by atoms with Gasteiger partial charge < -0.3 is 10.6 Å². The Hall–Kier alpha value is -3.23. The zero-order valence-corrected chi connectivity index (χ0v) is 14.2. The second kappa shape index (κ2) is 7.56. The topological polar surface area (TPSA) is 119 Å². The van der Waals surface area contributed by atoms with Gasteiger partial charge in [0.15, 0.2) is 0 Å². The van der Waals surface area contributed by atoms with Crippen molar-refractivity contribution in [3.05, 3.63) is 51.3 Å². The molecule has 0 saturated carbocycles. The van der Waals surface area contributed by atoms with E-state index in [0.29, 0.717) is 16.9 Å². The maximum Gasteiger partial charge on any atom is 0.269 e. The van der Waals surface area contributed by atoms with Crippen LogP contribution in [0.4, 0.5) is 11.4 Å². The first-order chi connectivity index (χ1) is 11.8. The molecular weight excluding hydrogens is 326 g/mol. The number of amides is 2. The van der Waals surface area contributed by atoms with Gasteiger partial charge in [-0.1, -0.05) is 12.1 Å². The molecule has 0 radical (unpaired) electrons. The van der Waals surface area contributed by atoms with E-state index < -0.39 is 4.92 Å². The fraction of sp³-hybridized carbons (Fsp3) is 0.312. The molecule has 0 atom stereocenters. The number of hydrogen-bond donors (Lipinski definition) is 2. The lowest BCUT2D eigenvalue weighted by molar-refractivity contribution is -0.384. The maximum absolute atomic E-state index is 12.0. The van der Waals surface area contributed by atoms with Crippen LogP contribution in [-0.4, -0.2) is 33.1 Å². The molecule has 2 rings (SSSR count). The zero-order chi connectivity index (χ0) is 18.6. The third kappa shape index (κ3) is 4.63. The van der Waals surface area contributed by atoms with Gasteiger partial charge in [0.2, 0.25) is 11.8 Å². The first-order valence-electron chi connectivity index (χ1n) is 7.58. The number of aromatic nitrogens is 2. The van der Waals surface area contributed by atoms with E-state index in [4.69, 9.17) is 0 Å². The van der Waals surface area contributed by atoms with Crippen LogP contribution in [0.1, 0.15) is 17.0 Å². The molecule has 2 amide bonds. The van der Waals surface area contributed by atoms with E-state index in [1.54, 1.807) is 18.7 Å². The van der Waals surface area contributed by atoms with Crippen molar-refractivity contribution in [3.8, 4) is 0 Å². The number of aryl methyl sites for hydroxylation is 2. The Balaban J connectivity index is 1.85. The second-order valence-corrected chi connectivity index (χ2v) is 5.59. The monoisotopic (exact) mass is 345 g/mol. The smallest absolute Gasteiger partial charge is 0.269 e. The van der Waals surface area contributed by atoms with Crippen molar-refractivity contribution in [3.63, 3.8) is 0 Å². The highest BCUT2D eigenvalue weighted by Gasteiger charge is 2.13. The summed E-state index contributed by atoms with van der Waals surface area (Å²) in [5.74, 6) is -0.695. The lowest BCUT2D eigenvalue weighted by Crippen LogP contribution is -2.34. The van der Waals surface area contributed by atoms with Gasteiger partial charge in [0, 0.05) is 19.2 Å². The number of hydrogen-bond acceptors (Lipinski definition) is 5. The Bertz CT molecular complexity index is 811. The van der Waals surface area contributed by atoms with E-state index in [-0.39, 0.29) is 30.5 Å². The highest BCUT2D eigenvalue weighted by molar-refractivity contribution is 5.95. The molecule has 2 N–H and O–H groups in total. The van der Waals surface area contributed by atoms with Crippen molar-refractivity contribution in [2.45, 2.75) is 20.3 Å². The number of nitrogens with one attached hydrogen (secondary N) is 2.